The number of nitrogens with two attached hydrogens (primary N) is 1. The molecule has 2 atom stereocenters. The van der Waals surface area contributed by atoms with E-state index in [1.54, 1.807) is 6.08 Å². The van der Waals surface area contributed by atoms with Crippen molar-refractivity contribution in [2.75, 3.05) is 0 Å². The molecule has 17 heavy (non-hydrogen) atoms. The van der Waals surface area contributed by atoms with E-state index in [1.807, 2.05) is 12.1 Å². The third-order valence-corrected chi connectivity index (χ3v) is 3.85. The fraction of sp³-hybridized carbons (Fsp3) is 0.333. The molecule has 0 saturated heterocycles. The van der Waals surface area contributed by atoms with E-state index in [4.69, 9.17) is 10.2 Å². The van der Waals surface area contributed by atoms with Gasteiger partial charge in [-0.1, -0.05) is 6.92 Å². The molecule has 1 aliphatic heterocycles. The zero-order valence-corrected chi connectivity index (χ0v) is 10.2. The molecule has 2 aliphatic rings. The summed E-state index contributed by atoms with van der Waals surface area (Å²) in [5.41, 5.74) is 5.47. The van der Waals surface area contributed by atoms with Crippen molar-refractivity contribution in [2.45, 2.75) is 19.3 Å². The molecular weight excluding hydrogens is 236 g/mol. The predicted octanol–water partition coefficient (Wildman–Crippen LogP) is 2.33. The Hall–Kier alpha value is -1.49. The second-order valence-electron chi connectivity index (χ2n) is 4.43. The molecule has 0 spiro atoms. The van der Waals surface area contributed by atoms with E-state index in [0.717, 1.165) is 5.76 Å². The molecule has 5 heteroatoms. The average Bonchev–Trinajstić information content (AvgIpc) is 2.71. The van der Waals surface area contributed by atoms with Crippen LogP contribution < -0.4 is 5.73 Å². The van der Waals surface area contributed by atoms with E-state index in [9.17, 15) is 4.79 Å². The van der Waals surface area contributed by atoms with Crippen molar-refractivity contribution in [3.63, 3.8) is 0 Å². The third-order valence-electron chi connectivity index (χ3n) is 3.03. The molecule has 4 nitrogen and oxygen atoms in total. The summed E-state index contributed by atoms with van der Waals surface area (Å²) in [4.78, 5) is 15.6. The van der Waals surface area contributed by atoms with E-state index in [2.05, 4.69) is 11.9 Å². The maximum absolute atomic E-state index is 11.4. The van der Waals surface area contributed by atoms with Crippen molar-refractivity contribution in [3.8, 4) is 0 Å². The number of aliphatic imine (C=N–C) groups is 1. The molecule has 3 rings (SSSR count). The first-order valence-corrected chi connectivity index (χ1v) is 6.33. The summed E-state index contributed by atoms with van der Waals surface area (Å²) in [6, 6.07) is 3.87. The highest BCUT2D eigenvalue weighted by atomic mass is 32.2. The lowest BCUT2D eigenvalue weighted by Crippen LogP contribution is -2.01. The summed E-state index contributed by atoms with van der Waals surface area (Å²) in [5.74, 6) is 2.68. The zero-order valence-electron chi connectivity index (χ0n) is 9.34. The minimum Gasteiger partial charge on any atom is -0.461 e. The van der Waals surface area contributed by atoms with Crippen LogP contribution in [0.25, 0.3) is 6.08 Å². The lowest BCUT2D eigenvalue weighted by atomic mass is 10.3. The van der Waals surface area contributed by atoms with Crippen LogP contribution in [0.2, 0.25) is 0 Å². The number of hydrogen-bond acceptors (Lipinski definition) is 4. The van der Waals surface area contributed by atoms with Gasteiger partial charge in [0.15, 0.2) is 5.17 Å². The molecule has 0 aromatic carbocycles. The average molecular weight is 248 g/mol. The number of amidine groups is 1. The Balaban J connectivity index is 1.80. The lowest BCUT2D eigenvalue weighted by Gasteiger charge is -1.92. The van der Waals surface area contributed by atoms with Gasteiger partial charge in [-0.05, 0) is 36.2 Å². The minimum atomic E-state index is -0.287. The largest absolute Gasteiger partial charge is 0.461 e. The number of thioether (sulfide) groups is 1. The van der Waals surface area contributed by atoms with Crippen LogP contribution in [0, 0.1) is 5.92 Å². The molecule has 1 aliphatic carbocycles. The van der Waals surface area contributed by atoms with E-state index in [-0.39, 0.29) is 5.91 Å². The van der Waals surface area contributed by atoms with Crippen LogP contribution in [0.5, 0.6) is 0 Å². The smallest absolute Gasteiger partial charge is 0.286 e. The number of amides is 1. The zero-order chi connectivity index (χ0) is 12.0. The van der Waals surface area contributed by atoms with Gasteiger partial charge in [0.05, 0.1) is 4.91 Å². The number of nitrogens with zero attached hydrogens (tertiary/aromatic N) is 1. The van der Waals surface area contributed by atoms with Gasteiger partial charge in [0.2, 0.25) is 0 Å². The van der Waals surface area contributed by atoms with Crippen LogP contribution >= 0.6 is 11.8 Å². The monoisotopic (exact) mass is 248 g/mol. The quantitative estimate of drug-likeness (QED) is 0.815. The molecule has 0 radical (unpaired) electrons. The minimum absolute atomic E-state index is 0.287. The van der Waals surface area contributed by atoms with E-state index in [1.165, 1.54) is 18.2 Å². The second-order valence-corrected chi connectivity index (χ2v) is 5.49. The highest BCUT2D eigenvalue weighted by Gasteiger charge is 2.36. The maximum Gasteiger partial charge on any atom is 0.286 e. The summed E-state index contributed by atoms with van der Waals surface area (Å²) in [6.07, 6.45) is 2.89. The van der Waals surface area contributed by atoms with Gasteiger partial charge < -0.3 is 10.2 Å². The number of carbonyl (C=O) groups excluding carboxylic acids is 1. The Kier molecular flexibility index (Phi) is 2.36. The molecule has 1 saturated carbocycles. The van der Waals surface area contributed by atoms with Crippen molar-refractivity contribution < 1.29 is 9.21 Å². The first-order chi connectivity index (χ1) is 8.13. The molecule has 1 amide bonds. The summed E-state index contributed by atoms with van der Waals surface area (Å²) >= 11 is 1.18. The van der Waals surface area contributed by atoms with Gasteiger partial charge in [0, 0.05) is 12.0 Å². The van der Waals surface area contributed by atoms with Crippen LogP contribution in [0.3, 0.4) is 0 Å². The molecule has 1 fully saturated rings. The van der Waals surface area contributed by atoms with Crippen LogP contribution in [0.15, 0.2) is 26.4 Å². The molecule has 2 N–H and O–H groups in total. The maximum atomic E-state index is 11.4. The molecule has 2 unspecified atom stereocenters. The lowest BCUT2D eigenvalue weighted by molar-refractivity contribution is -0.113. The first kappa shape index (κ1) is 10.7. The fourth-order valence-electron chi connectivity index (χ4n) is 1.92. The van der Waals surface area contributed by atoms with Gasteiger partial charge >= 0.3 is 0 Å². The number of carbonyl (C=O) groups is 1. The van der Waals surface area contributed by atoms with Gasteiger partial charge in [-0.25, -0.2) is 0 Å². The van der Waals surface area contributed by atoms with Crippen molar-refractivity contribution in [1.82, 2.24) is 0 Å². The predicted molar refractivity (Wildman–Crippen MR) is 67.4 cm³/mol. The fourth-order valence-corrected chi connectivity index (χ4v) is 2.58. The van der Waals surface area contributed by atoms with Gasteiger partial charge in [0.1, 0.15) is 11.5 Å². The third kappa shape index (κ3) is 2.02. The topological polar surface area (TPSA) is 68.6 Å². The molecule has 1 aromatic rings. The van der Waals surface area contributed by atoms with Crippen molar-refractivity contribution in [2.24, 2.45) is 16.6 Å². The van der Waals surface area contributed by atoms with E-state index in [0.29, 0.717) is 27.7 Å². The van der Waals surface area contributed by atoms with Gasteiger partial charge in [-0.15, -0.1) is 0 Å². The van der Waals surface area contributed by atoms with Crippen molar-refractivity contribution in [1.29, 1.82) is 0 Å². The van der Waals surface area contributed by atoms with Crippen LogP contribution in [0.4, 0.5) is 0 Å². The van der Waals surface area contributed by atoms with Gasteiger partial charge in [-0.3, -0.25) is 4.79 Å². The Morgan fingerprint density at radius 1 is 1.59 bits per heavy atom. The Labute approximate surface area is 103 Å². The number of rotatable bonds is 2. The Morgan fingerprint density at radius 3 is 2.94 bits per heavy atom. The van der Waals surface area contributed by atoms with E-state index < -0.39 is 0 Å². The molecule has 0 bridgehead atoms. The van der Waals surface area contributed by atoms with Crippen LogP contribution in [0.1, 0.15) is 30.8 Å². The molecule has 88 valence electrons. The Morgan fingerprint density at radius 2 is 2.35 bits per heavy atom. The standard InChI is InChI=1S/C12H12N2O2S/c1-6-4-8(6)9-3-2-7(16-9)5-10-11(15)14-12(13)17-10/h2-3,5-6,8H,4H2,1H3,(H2,13,14,15)/b10-5+. The highest BCUT2D eigenvalue weighted by Crippen LogP contribution is 2.47. The van der Waals surface area contributed by atoms with Crippen molar-refractivity contribution >= 4 is 28.9 Å². The van der Waals surface area contributed by atoms with Gasteiger partial charge in [0.25, 0.3) is 5.91 Å². The molecule has 2 heterocycles. The molecule has 1 aromatic heterocycles. The highest BCUT2D eigenvalue weighted by molar-refractivity contribution is 8.18. The van der Waals surface area contributed by atoms with Crippen LogP contribution in [-0.4, -0.2) is 11.1 Å². The van der Waals surface area contributed by atoms with Crippen LogP contribution in [-0.2, 0) is 4.79 Å². The molecular formula is C12H12N2O2S. The second kappa shape index (κ2) is 3.77. The van der Waals surface area contributed by atoms with E-state index >= 15 is 0 Å². The summed E-state index contributed by atoms with van der Waals surface area (Å²) < 4.78 is 5.69. The summed E-state index contributed by atoms with van der Waals surface area (Å²) in [6.45, 7) is 2.20. The number of furan rings is 1. The first-order valence-electron chi connectivity index (χ1n) is 5.51. The number of hydrogen-bond donors (Lipinski definition) is 1. The van der Waals surface area contributed by atoms with Crippen molar-refractivity contribution in [3.05, 3.63) is 28.6 Å². The summed E-state index contributed by atoms with van der Waals surface area (Å²) in [5, 5.41) is 0.295. The van der Waals surface area contributed by atoms with Gasteiger partial charge in [-0.2, -0.15) is 4.99 Å². The Bertz CT molecular complexity index is 544. The summed E-state index contributed by atoms with van der Waals surface area (Å²) in [7, 11) is 0. The SMILES string of the molecule is CC1CC1c1ccc(/C=C2/SC(N)=NC2=O)o1. The normalized spacial score (nSPS) is 29.8.